The second-order valence-corrected chi connectivity index (χ2v) is 7.78. The van der Waals surface area contributed by atoms with E-state index in [-0.39, 0.29) is 17.6 Å². The lowest BCUT2D eigenvalue weighted by molar-refractivity contribution is -0.120. The summed E-state index contributed by atoms with van der Waals surface area (Å²) >= 11 is 0. The number of nitrogen functional groups attached to an aromatic ring is 1. The predicted octanol–water partition coefficient (Wildman–Crippen LogP) is 3.76. The molecule has 0 radical (unpaired) electrons. The van der Waals surface area contributed by atoms with Crippen molar-refractivity contribution in [1.29, 1.82) is 0 Å². The van der Waals surface area contributed by atoms with E-state index in [2.05, 4.69) is 15.2 Å². The molecule has 2 aromatic carbocycles. The summed E-state index contributed by atoms with van der Waals surface area (Å²) in [5.41, 5.74) is 8.88. The number of carbonyl (C=O) groups is 2. The van der Waals surface area contributed by atoms with E-state index in [0.29, 0.717) is 28.3 Å². The topological polar surface area (TPSA) is 97.5 Å². The molecule has 0 unspecified atom stereocenters. The Bertz CT molecular complexity index is 1090. The molecule has 1 aliphatic heterocycles. The molecule has 1 saturated heterocycles. The number of carbonyl (C=O) groups excluding carboxylic acids is 2. The Morgan fingerprint density at radius 1 is 1.03 bits per heavy atom. The van der Waals surface area contributed by atoms with Crippen molar-refractivity contribution in [3.05, 3.63) is 78.1 Å². The zero-order chi connectivity index (χ0) is 22.5. The number of methoxy groups -OCH3 is 1. The number of anilines is 3. The van der Waals surface area contributed by atoms with Crippen LogP contribution in [0.3, 0.4) is 0 Å². The van der Waals surface area contributed by atoms with Gasteiger partial charge in [0.2, 0.25) is 5.91 Å². The number of aromatic nitrogens is 1. The number of nitrogens with zero attached hydrogens (tertiary/aromatic N) is 2. The molecule has 32 heavy (non-hydrogen) atoms. The van der Waals surface area contributed by atoms with Crippen LogP contribution < -0.4 is 20.7 Å². The largest absolute Gasteiger partial charge is 0.497 e. The number of ether oxygens (including phenoxy) is 1. The number of pyridine rings is 1. The standard InChI is InChI=1S/C25H26N4O3/c1-32-20-7-5-17(6-8-20)24(30)21-3-2-4-22(26)23(21)28-25(31)18-11-15-29(16-12-18)19-9-13-27-14-10-19/h2-10,13-14,18H,11-12,15-16,26H2,1H3,(H,28,31). The lowest BCUT2D eigenvalue weighted by Crippen LogP contribution is -2.38. The van der Waals surface area contributed by atoms with Crippen LogP contribution in [0.25, 0.3) is 0 Å². The van der Waals surface area contributed by atoms with Gasteiger partial charge >= 0.3 is 0 Å². The first kappa shape index (κ1) is 21.4. The van der Waals surface area contributed by atoms with Gasteiger partial charge in [-0.25, -0.2) is 0 Å². The summed E-state index contributed by atoms with van der Waals surface area (Å²) in [5, 5.41) is 2.94. The SMILES string of the molecule is COc1ccc(C(=O)c2cccc(N)c2NC(=O)C2CCN(c3ccncc3)CC2)cc1. The average Bonchev–Trinajstić information content (AvgIpc) is 2.85. The highest BCUT2D eigenvalue weighted by Gasteiger charge is 2.27. The van der Waals surface area contributed by atoms with Crippen LogP contribution in [-0.4, -0.2) is 36.9 Å². The third-order valence-electron chi connectivity index (χ3n) is 5.84. The molecule has 0 saturated carbocycles. The van der Waals surface area contributed by atoms with Gasteiger partial charge in [-0.3, -0.25) is 14.6 Å². The molecule has 1 amide bonds. The number of para-hydroxylation sites is 1. The van der Waals surface area contributed by atoms with Gasteiger partial charge in [-0.2, -0.15) is 0 Å². The van der Waals surface area contributed by atoms with Crippen molar-refractivity contribution in [2.24, 2.45) is 5.92 Å². The number of piperidine rings is 1. The molecular weight excluding hydrogens is 404 g/mol. The Kier molecular flexibility index (Phi) is 6.35. The molecule has 164 valence electrons. The maximum Gasteiger partial charge on any atom is 0.227 e. The van der Waals surface area contributed by atoms with Crippen LogP contribution in [0.5, 0.6) is 5.75 Å². The summed E-state index contributed by atoms with van der Waals surface area (Å²) in [6.07, 6.45) is 4.99. The number of amides is 1. The summed E-state index contributed by atoms with van der Waals surface area (Å²) < 4.78 is 5.16. The van der Waals surface area contributed by atoms with E-state index in [0.717, 1.165) is 31.6 Å². The van der Waals surface area contributed by atoms with Gasteiger partial charge in [0.25, 0.3) is 0 Å². The smallest absolute Gasteiger partial charge is 0.227 e. The van der Waals surface area contributed by atoms with E-state index >= 15 is 0 Å². The molecule has 1 aromatic heterocycles. The van der Waals surface area contributed by atoms with Gasteiger partial charge in [0, 0.05) is 48.2 Å². The minimum atomic E-state index is -0.206. The number of nitrogens with one attached hydrogen (secondary N) is 1. The third kappa shape index (κ3) is 4.56. The summed E-state index contributed by atoms with van der Waals surface area (Å²) in [4.78, 5) is 32.5. The van der Waals surface area contributed by atoms with Crippen LogP contribution in [-0.2, 0) is 4.79 Å². The molecule has 3 N–H and O–H groups in total. The Morgan fingerprint density at radius 3 is 2.38 bits per heavy atom. The molecule has 0 atom stereocenters. The number of nitrogens with two attached hydrogens (primary N) is 1. The van der Waals surface area contributed by atoms with Crippen molar-refractivity contribution in [3.8, 4) is 5.75 Å². The zero-order valence-corrected chi connectivity index (χ0v) is 18.0. The quantitative estimate of drug-likeness (QED) is 0.457. The molecule has 0 spiro atoms. The normalized spacial score (nSPS) is 14.1. The molecule has 7 heteroatoms. The molecule has 0 bridgehead atoms. The molecule has 1 aliphatic rings. The second-order valence-electron chi connectivity index (χ2n) is 7.78. The Balaban J connectivity index is 1.47. The number of hydrogen-bond donors (Lipinski definition) is 2. The Hall–Kier alpha value is -3.87. The Morgan fingerprint density at radius 2 is 1.72 bits per heavy atom. The van der Waals surface area contributed by atoms with Crippen molar-refractivity contribution in [3.63, 3.8) is 0 Å². The van der Waals surface area contributed by atoms with Gasteiger partial charge in [-0.05, 0) is 61.4 Å². The summed E-state index contributed by atoms with van der Waals surface area (Å²) in [6.45, 7) is 1.56. The summed E-state index contributed by atoms with van der Waals surface area (Å²) in [7, 11) is 1.57. The lowest BCUT2D eigenvalue weighted by atomic mass is 9.94. The molecular formula is C25H26N4O3. The van der Waals surface area contributed by atoms with Gasteiger partial charge in [0.15, 0.2) is 5.78 Å². The average molecular weight is 431 g/mol. The molecule has 0 aliphatic carbocycles. The summed E-state index contributed by atoms with van der Waals surface area (Å²) in [6, 6.07) is 15.9. The summed E-state index contributed by atoms with van der Waals surface area (Å²) in [5.74, 6) is 0.209. The van der Waals surface area contributed by atoms with Crippen LogP contribution in [0.2, 0.25) is 0 Å². The van der Waals surface area contributed by atoms with E-state index in [1.165, 1.54) is 0 Å². The van der Waals surface area contributed by atoms with Crippen LogP contribution in [0.1, 0.15) is 28.8 Å². The molecule has 3 aromatic rings. The fourth-order valence-electron chi connectivity index (χ4n) is 3.98. The van der Waals surface area contributed by atoms with Crippen LogP contribution in [0.15, 0.2) is 67.0 Å². The first-order valence-electron chi connectivity index (χ1n) is 10.6. The molecule has 2 heterocycles. The van der Waals surface area contributed by atoms with Crippen molar-refractivity contribution in [2.75, 3.05) is 36.1 Å². The predicted molar refractivity (Wildman–Crippen MR) is 125 cm³/mol. The van der Waals surface area contributed by atoms with E-state index < -0.39 is 0 Å². The highest BCUT2D eigenvalue weighted by atomic mass is 16.5. The van der Waals surface area contributed by atoms with Crippen LogP contribution >= 0.6 is 0 Å². The Labute approximate surface area is 187 Å². The minimum Gasteiger partial charge on any atom is -0.497 e. The highest BCUT2D eigenvalue weighted by molar-refractivity contribution is 6.15. The molecule has 4 rings (SSSR count). The number of hydrogen-bond acceptors (Lipinski definition) is 6. The highest BCUT2D eigenvalue weighted by Crippen LogP contribution is 2.29. The first-order chi connectivity index (χ1) is 15.6. The fourth-order valence-corrected chi connectivity index (χ4v) is 3.98. The second kappa shape index (κ2) is 9.51. The van der Waals surface area contributed by atoms with Crippen molar-refractivity contribution in [1.82, 2.24) is 4.98 Å². The minimum absolute atomic E-state index is 0.110. The van der Waals surface area contributed by atoms with Crippen molar-refractivity contribution >= 4 is 28.8 Å². The van der Waals surface area contributed by atoms with E-state index in [1.807, 2.05) is 12.1 Å². The number of ketones is 1. The van der Waals surface area contributed by atoms with E-state index in [1.54, 1.807) is 62.0 Å². The fraction of sp³-hybridized carbons (Fsp3) is 0.240. The zero-order valence-electron chi connectivity index (χ0n) is 18.0. The van der Waals surface area contributed by atoms with Gasteiger partial charge in [-0.15, -0.1) is 0 Å². The third-order valence-corrected chi connectivity index (χ3v) is 5.84. The van der Waals surface area contributed by atoms with Gasteiger partial charge in [0.05, 0.1) is 18.5 Å². The first-order valence-corrected chi connectivity index (χ1v) is 10.6. The van der Waals surface area contributed by atoms with Crippen LogP contribution in [0, 0.1) is 5.92 Å². The van der Waals surface area contributed by atoms with E-state index in [4.69, 9.17) is 10.5 Å². The van der Waals surface area contributed by atoms with Crippen molar-refractivity contribution in [2.45, 2.75) is 12.8 Å². The van der Waals surface area contributed by atoms with Crippen LogP contribution in [0.4, 0.5) is 17.1 Å². The number of benzene rings is 2. The van der Waals surface area contributed by atoms with Gasteiger partial charge in [0.1, 0.15) is 5.75 Å². The van der Waals surface area contributed by atoms with Gasteiger partial charge in [-0.1, -0.05) is 6.07 Å². The van der Waals surface area contributed by atoms with Crippen molar-refractivity contribution < 1.29 is 14.3 Å². The van der Waals surface area contributed by atoms with Gasteiger partial charge < -0.3 is 20.7 Å². The number of rotatable bonds is 6. The lowest BCUT2D eigenvalue weighted by Gasteiger charge is -2.33. The maximum absolute atomic E-state index is 13.1. The molecule has 7 nitrogen and oxygen atoms in total. The monoisotopic (exact) mass is 430 g/mol. The maximum atomic E-state index is 13.1. The molecule has 1 fully saturated rings. The van der Waals surface area contributed by atoms with E-state index in [9.17, 15) is 9.59 Å².